The van der Waals surface area contributed by atoms with Crippen LogP contribution in [-0.2, 0) is 13.6 Å². The third-order valence-corrected chi connectivity index (χ3v) is 3.80. The lowest BCUT2D eigenvalue weighted by Crippen LogP contribution is -2.03. The summed E-state index contributed by atoms with van der Waals surface area (Å²) in [7, 11) is 3.72. The summed E-state index contributed by atoms with van der Waals surface area (Å²) in [6.45, 7) is 6.62. The van der Waals surface area contributed by atoms with Crippen molar-refractivity contribution in [2.45, 2.75) is 27.3 Å². The molecule has 2 rings (SSSR count). The maximum absolute atomic E-state index is 5.81. The topological polar surface area (TPSA) is 53.1 Å². The molecule has 19 heavy (non-hydrogen) atoms. The number of methoxy groups -OCH3 is 1. The van der Waals surface area contributed by atoms with Crippen LogP contribution in [0.3, 0.4) is 0 Å². The Kier molecular flexibility index (Phi) is 3.62. The Hall–Kier alpha value is -1.81. The summed E-state index contributed by atoms with van der Waals surface area (Å²) < 4.78 is 7.46. The fourth-order valence-electron chi connectivity index (χ4n) is 2.43. The van der Waals surface area contributed by atoms with Crippen LogP contribution in [0.5, 0.6) is 5.75 Å². The van der Waals surface area contributed by atoms with Crippen molar-refractivity contribution >= 4 is 0 Å². The zero-order valence-electron chi connectivity index (χ0n) is 12.2. The van der Waals surface area contributed by atoms with Gasteiger partial charge in [-0.3, -0.25) is 0 Å². The molecule has 0 unspecified atom stereocenters. The van der Waals surface area contributed by atoms with Gasteiger partial charge in [0.05, 0.1) is 18.5 Å². The van der Waals surface area contributed by atoms with Gasteiger partial charge in [-0.05, 0) is 44.0 Å². The van der Waals surface area contributed by atoms with Crippen LogP contribution in [0.15, 0.2) is 12.1 Å². The molecule has 0 saturated carbocycles. The van der Waals surface area contributed by atoms with Gasteiger partial charge in [0.1, 0.15) is 11.6 Å². The van der Waals surface area contributed by atoms with E-state index in [1.165, 1.54) is 11.1 Å². The third kappa shape index (κ3) is 2.12. The Morgan fingerprint density at radius 1 is 1.21 bits per heavy atom. The first kappa shape index (κ1) is 13.6. The Labute approximate surface area is 114 Å². The second-order valence-electron chi connectivity index (χ2n) is 4.78. The van der Waals surface area contributed by atoms with Crippen molar-refractivity contribution in [3.63, 3.8) is 0 Å². The molecule has 0 bridgehead atoms. The lowest BCUT2D eigenvalue weighted by molar-refractivity contribution is 0.411. The molecule has 1 aromatic heterocycles. The number of benzene rings is 1. The summed E-state index contributed by atoms with van der Waals surface area (Å²) in [6, 6.07) is 4.08. The molecule has 0 atom stereocenters. The van der Waals surface area contributed by atoms with E-state index in [0.717, 1.165) is 28.5 Å². The van der Waals surface area contributed by atoms with Crippen LogP contribution in [0.2, 0.25) is 0 Å². The van der Waals surface area contributed by atoms with Gasteiger partial charge in [0.2, 0.25) is 0 Å². The van der Waals surface area contributed by atoms with E-state index < -0.39 is 0 Å². The van der Waals surface area contributed by atoms with Gasteiger partial charge in [-0.15, -0.1) is 0 Å². The molecular weight excluding hydrogens is 238 g/mol. The van der Waals surface area contributed by atoms with Crippen molar-refractivity contribution in [1.29, 1.82) is 0 Å². The van der Waals surface area contributed by atoms with Gasteiger partial charge in [-0.25, -0.2) is 4.98 Å². The number of aryl methyl sites for hydroxylation is 1. The van der Waals surface area contributed by atoms with E-state index in [9.17, 15) is 0 Å². The molecule has 1 heterocycles. The van der Waals surface area contributed by atoms with E-state index in [-0.39, 0.29) is 0 Å². The molecule has 1 aromatic carbocycles. The molecule has 0 aliphatic heterocycles. The highest BCUT2D eigenvalue weighted by Gasteiger charge is 2.17. The van der Waals surface area contributed by atoms with Gasteiger partial charge < -0.3 is 15.0 Å². The second-order valence-corrected chi connectivity index (χ2v) is 4.78. The second kappa shape index (κ2) is 5.05. The zero-order chi connectivity index (χ0) is 14.2. The van der Waals surface area contributed by atoms with E-state index in [1.54, 1.807) is 7.11 Å². The first-order valence-corrected chi connectivity index (χ1v) is 6.38. The van der Waals surface area contributed by atoms with Crippen molar-refractivity contribution in [1.82, 2.24) is 9.55 Å². The minimum absolute atomic E-state index is 0.446. The summed E-state index contributed by atoms with van der Waals surface area (Å²) in [4.78, 5) is 4.53. The first-order valence-electron chi connectivity index (χ1n) is 6.38. The molecule has 4 nitrogen and oxygen atoms in total. The highest BCUT2D eigenvalue weighted by molar-refractivity contribution is 5.70. The SMILES string of the molecule is COc1ccc(-c2c(CN)nc(C)n2C)c(C)c1C. The van der Waals surface area contributed by atoms with Gasteiger partial charge in [-0.2, -0.15) is 0 Å². The van der Waals surface area contributed by atoms with E-state index in [2.05, 4.69) is 29.5 Å². The van der Waals surface area contributed by atoms with Gasteiger partial charge in [0.15, 0.2) is 0 Å². The molecule has 2 N–H and O–H groups in total. The lowest BCUT2D eigenvalue weighted by atomic mass is 9.98. The minimum atomic E-state index is 0.446. The van der Waals surface area contributed by atoms with E-state index in [1.807, 2.05) is 20.0 Å². The average molecular weight is 259 g/mol. The van der Waals surface area contributed by atoms with E-state index in [0.29, 0.717) is 6.54 Å². The summed E-state index contributed by atoms with van der Waals surface area (Å²) in [5, 5.41) is 0. The highest BCUT2D eigenvalue weighted by atomic mass is 16.5. The average Bonchev–Trinajstić information content (AvgIpc) is 2.69. The first-order chi connectivity index (χ1) is 9.01. The molecule has 0 aliphatic rings. The number of rotatable bonds is 3. The van der Waals surface area contributed by atoms with Gasteiger partial charge in [-0.1, -0.05) is 0 Å². The Bertz CT molecular complexity index is 614. The fraction of sp³-hybridized carbons (Fsp3) is 0.400. The molecule has 0 radical (unpaired) electrons. The molecular formula is C15H21N3O. The molecule has 0 spiro atoms. The number of ether oxygens (including phenoxy) is 1. The summed E-state index contributed by atoms with van der Waals surface area (Å²) >= 11 is 0. The summed E-state index contributed by atoms with van der Waals surface area (Å²) in [5.41, 5.74) is 11.4. The van der Waals surface area contributed by atoms with E-state index in [4.69, 9.17) is 10.5 Å². The van der Waals surface area contributed by atoms with Gasteiger partial charge in [0.25, 0.3) is 0 Å². The highest BCUT2D eigenvalue weighted by Crippen LogP contribution is 2.32. The number of nitrogens with zero attached hydrogens (tertiary/aromatic N) is 2. The number of imidazole rings is 1. The number of nitrogens with two attached hydrogens (primary N) is 1. The van der Waals surface area contributed by atoms with Crippen LogP contribution < -0.4 is 10.5 Å². The summed E-state index contributed by atoms with van der Waals surface area (Å²) in [5.74, 6) is 1.89. The smallest absolute Gasteiger partial charge is 0.122 e. The zero-order valence-corrected chi connectivity index (χ0v) is 12.2. The Morgan fingerprint density at radius 2 is 1.89 bits per heavy atom. The van der Waals surface area contributed by atoms with E-state index >= 15 is 0 Å². The Morgan fingerprint density at radius 3 is 2.47 bits per heavy atom. The minimum Gasteiger partial charge on any atom is -0.496 e. The fourth-order valence-corrected chi connectivity index (χ4v) is 2.43. The summed E-state index contributed by atoms with van der Waals surface area (Å²) in [6.07, 6.45) is 0. The molecule has 0 saturated heterocycles. The van der Waals surface area contributed by atoms with Crippen LogP contribution in [-0.4, -0.2) is 16.7 Å². The van der Waals surface area contributed by atoms with Crippen molar-refractivity contribution < 1.29 is 4.74 Å². The maximum atomic E-state index is 5.81. The van der Waals surface area contributed by atoms with Gasteiger partial charge >= 0.3 is 0 Å². The monoisotopic (exact) mass is 259 g/mol. The lowest BCUT2D eigenvalue weighted by Gasteiger charge is -2.14. The maximum Gasteiger partial charge on any atom is 0.122 e. The predicted octanol–water partition coefficient (Wildman–Crippen LogP) is 2.48. The van der Waals surface area contributed by atoms with Crippen LogP contribution >= 0.6 is 0 Å². The molecule has 2 aromatic rings. The molecule has 4 heteroatoms. The molecule has 0 amide bonds. The van der Waals surface area contributed by atoms with Crippen LogP contribution in [0.1, 0.15) is 22.6 Å². The van der Waals surface area contributed by atoms with Crippen molar-refractivity contribution in [3.8, 4) is 17.0 Å². The molecule has 0 aliphatic carbocycles. The third-order valence-electron chi connectivity index (χ3n) is 3.80. The van der Waals surface area contributed by atoms with Crippen molar-refractivity contribution in [3.05, 3.63) is 34.8 Å². The largest absolute Gasteiger partial charge is 0.496 e. The van der Waals surface area contributed by atoms with Gasteiger partial charge in [0, 0.05) is 19.2 Å². The van der Waals surface area contributed by atoms with Crippen molar-refractivity contribution in [2.75, 3.05) is 7.11 Å². The Balaban J connectivity index is 2.69. The number of aromatic nitrogens is 2. The van der Waals surface area contributed by atoms with Crippen LogP contribution in [0, 0.1) is 20.8 Å². The van der Waals surface area contributed by atoms with Crippen LogP contribution in [0.25, 0.3) is 11.3 Å². The standard InChI is InChI=1S/C15H21N3O/c1-9-10(2)14(19-5)7-6-12(9)15-13(8-16)17-11(3)18(15)4/h6-7H,8,16H2,1-5H3. The molecule has 0 fully saturated rings. The molecule has 102 valence electrons. The predicted molar refractivity (Wildman–Crippen MR) is 77.3 cm³/mol. The normalized spacial score (nSPS) is 10.8. The van der Waals surface area contributed by atoms with Crippen LogP contribution in [0.4, 0.5) is 0 Å². The number of hydrogen-bond acceptors (Lipinski definition) is 3. The quantitative estimate of drug-likeness (QED) is 0.921. The number of hydrogen-bond donors (Lipinski definition) is 1. The van der Waals surface area contributed by atoms with Crippen molar-refractivity contribution in [2.24, 2.45) is 12.8 Å².